The first kappa shape index (κ1) is 20.2. The second kappa shape index (κ2) is 7.77. The van der Waals surface area contributed by atoms with Gasteiger partial charge >= 0.3 is 0 Å². The summed E-state index contributed by atoms with van der Waals surface area (Å²) in [5.41, 5.74) is 3.11. The molecule has 32 heavy (non-hydrogen) atoms. The maximum atomic E-state index is 13.0. The number of aromatic nitrogens is 3. The highest BCUT2D eigenvalue weighted by atomic mass is 16.5. The number of nitrogens with zero attached hydrogens (tertiary/aromatic N) is 3. The molecule has 3 aromatic rings. The molecule has 1 aromatic carbocycles. The lowest BCUT2D eigenvalue weighted by atomic mass is 9.84. The summed E-state index contributed by atoms with van der Waals surface area (Å²) in [6.07, 6.45) is 6.13. The second-order valence-corrected chi connectivity index (χ2v) is 8.78. The van der Waals surface area contributed by atoms with E-state index in [0.29, 0.717) is 22.5 Å². The predicted octanol–water partition coefficient (Wildman–Crippen LogP) is 2.71. The van der Waals surface area contributed by atoms with Crippen molar-refractivity contribution >= 4 is 5.91 Å². The van der Waals surface area contributed by atoms with Crippen LogP contribution in [0.4, 0.5) is 0 Å². The number of ether oxygens (including phenoxy) is 1. The van der Waals surface area contributed by atoms with E-state index in [1.807, 2.05) is 6.92 Å². The Morgan fingerprint density at radius 1 is 1.31 bits per heavy atom. The Labute approximate surface area is 184 Å². The van der Waals surface area contributed by atoms with Gasteiger partial charge in [-0.1, -0.05) is 6.07 Å². The molecule has 1 spiro atoms. The van der Waals surface area contributed by atoms with Gasteiger partial charge < -0.3 is 10.1 Å². The predicted molar refractivity (Wildman–Crippen MR) is 117 cm³/mol. The Balaban J connectivity index is 1.32. The van der Waals surface area contributed by atoms with Crippen LogP contribution in [0.3, 0.4) is 0 Å². The van der Waals surface area contributed by atoms with Crippen molar-refractivity contribution in [3.05, 3.63) is 69.8 Å². The van der Waals surface area contributed by atoms with Crippen molar-refractivity contribution < 1.29 is 9.53 Å². The Morgan fingerprint density at radius 2 is 2.16 bits per heavy atom. The summed E-state index contributed by atoms with van der Waals surface area (Å²) in [4.78, 5) is 29.9. The standard InChI is InChI=1S/C24H23N5O3/c1-15-8-16(10-25)2-4-19(15)20-12-27-29(23(20)31)21-5-3-17(11-26-21)22(30)28-18-6-7-24(9-18)13-32-14-24/h2-5,8,11-12,18,27H,6-7,9,13-14H2,1H3,(H,28,30). The number of hydrogen-bond acceptors (Lipinski definition) is 5. The van der Waals surface area contributed by atoms with Crippen molar-refractivity contribution in [2.24, 2.45) is 5.41 Å². The Morgan fingerprint density at radius 3 is 2.78 bits per heavy atom. The minimum Gasteiger partial charge on any atom is -0.380 e. The number of carbonyl (C=O) groups excluding carboxylic acids is 1. The van der Waals surface area contributed by atoms with Crippen LogP contribution in [-0.2, 0) is 4.74 Å². The van der Waals surface area contributed by atoms with Crippen LogP contribution in [0, 0.1) is 23.7 Å². The summed E-state index contributed by atoms with van der Waals surface area (Å²) in [6.45, 7) is 3.46. The number of rotatable bonds is 4. The number of carbonyl (C=O) groups is 1. The Hall–Kier alpha value is -3.70. The van der Waals surface area contributed by atoms with Gasteiger partial charge in [0.05, 0.1) is 36.0 Å². The fraction of sp³-hybridized carbons (Fsp3) is 0.333. The van der Waals surface area contributed by atoms with Gasteiger partial charge in [-0.15, -0.1) is 0 Å². The van der Waals surface area contributed by atoms with E-state index in [1.165, 1.54) is 10.9 Å². The largest absolute Gasteiger partial charge is 0.380 e. The first-order valence-electron chi connectivity index (χ1n) is 10.6. The van der Waals surface area contributed by atoms with Crippen LogP contribution in [0.2, 0.25) is 0 Å². The number of hydrogen-bond donors (Lipinski definition) is 2. The molecular weight excluding hydrogens is 406 g/mol. The quantitative estimate of drug-likeness (QED) is 0.662. The molecule has 162 valence electrons. The fourth-order valence-electron chi connectivity index (χ4n) is 4.67. The van der Waals surface area contributed by atoms with Gasteiger partial charge in [-0.05, 0) is 61.6 Å². The van der Waals surface area contributed by atoms with Gasteiger partial charge in [0, 0.05) is 23.9 Å². The summed E-state index contributed by atoms with van der Waals surface area (Å²) in [7, 11) is 0. The van der Waals surface area contributed by atoms with Crippen molar-refractivity contribution in [1.82, 2.24) is 20.1 Å². The van der Waals surface area contributed by atoms with Gasteiger partial charge in [0.25, 0.3) is 11.5 Å². The molecule has 1 aliphatic carbocycles. The highest BCUT2D eigenvalue weighted by Crippen LogP contribution is 2.44. The lowest BCUT2D eigenvalue weighted by Gasteiger charge is -2.38. The van der Waals surface area contributed by atoms with Crippen LogP contribution >= 0.6 is 0 Å². The van der Waals surface area contributed by atoms with E-state index in [4.69, 9.17) is 10.00 Å². The van der Waals surface area contributed by atoms with Gasteiger partial charge in [0.2, 0.25) is 0 Å². The van der Waals surface area contributed by atoms with Crippen molar-refractivity contribution in [2.45, 2.75) is 32.2 Å². The van der Waals surface area contributed by atoms with Crippen LogP contribution in [0.25, 0.3) is 16.9 Å². The molecule has 0 radical (unpaired) electrons. The molecule has 3 heterocycles. The SMILES string of the molecule is Cc1cc(C#N)ccc1-c1c[nH]n(-c2ccc(C(=O)NC3CCC4(COC4)C3)cn2)c1=O. The third-order valence-corrected chi connectivity index (χ3v) is 6.51. The van der Waals surface area contributed by atoms with E-state index >= 15 is 0 Å². The molecule has 1 saturated carbocycles. The minimum atomic E-state index is -0.249. The Bertz CT molecular complexity index is 1280. The molecule has 1 unspecified atom stereocenters. The number of pyridine rings is 1. The molecule has 1 atom stereocenters. The number of aromatic amines is 1. The number of H-pyrrole nitrogens is 1. The van der Waals surface area contributed by atoms with E-state index in [0.717, 1.165) is 43.6 Å². The lowest BCUT2D eigenvalue weighted by Crippen LogP contribution is -2.42. The van der Waals surface area contributed by atoms with Gasteiger partial charge in [0.15, 0.2) is 5.82 Å². The zero-order valence-corrected chi connectivity index (χ0v) is 17.7. The smallest absolute Gasteiger partial charge is 0.280 e. The second-order valence-electron chi connectivity index (χ2n) is 8.78. The summed E-state index contributed by atoms with van der Waals surface area (Å²) >= 11 is 0. The average molecular weight is 429 g/mol. The molecule has 2 N–H and O–H groups in total. The van der Waals surface area contributed by atoms with Crippen LogP contribution in [0.15, 0.2) is 47.5 Å². The lowest BCUT2D eigenvalue weighted by molar-refractivity contribution is -0.109. The molecule has 1 aliphatic heterocycles. The van der Waals surface area contributed by atoms with Gasteiger partial charge in [0.1, 0.15) is 0 Å². The van der Waals surface area contributed by atoms with Crippen molar-refractivity contribution in [1.29, 1.82) is 5.26 Å². The van der Waals surface area contributed by atoms with Crippen LogP contribution in [-0.4, -0.2) is 39.9 Å². The molecule has 2 aliphatic rings. The molecule has 8 heteroatoms. The van der Waals surface area contributed by atoms with Crippen LogP contribution in [0.5, 0.6) is 0 Å². The van der Waals surface area contributed by atoms with E-state index < -0.39 is 0 Å². The fourth-order valence-corrected chi connectivity index (χ4v) is 4.67. The molecular formula is C24H23N5O3. The number of aryl methyl sites for hydroxylation is 1. The van der Waals surface area contributed by atoms with E-state index in [1.54, 1.807) is 36.5 Å². The maximum Gasteiger partial charge on any atom is 0.280 e. The summed E-state index contributed by atoms with van der Waals surface area (Å²) in [5, 5.41) is 15.1. The van der Waals surface area contributed by atoms with Gasteiger partial charge in [-0.2, -0.15) is 5.26 Å². The molecule has 1 saturated heterocycles. The van der Waals surface area contributed by atoms with E-state index in [-0.39, 0.29) is 22.9 Å². The van der Waals surface area contributed by atoms with Crippen molar-refractivity contribution in [3.8, 4) is 23.0 Å². The zero-order chi connectivity index (χ0) is 22.3. The van der Waals surface area contributed by atoms with Gasteiger partial charge in [-0.3, -0.25) is 14.7 Å². The van der Waals surface area contributed by atoms with E-state index in [2.05, 4.69) is 21.5 Å². The highest BCUT2D eigenvalue weighted by Gasteiger charge is 2.45. The first-order valence-corrected chi connectivity index (χ1v) is 10.6. The maximum absolute atomic E-state index is 13.0. The third-order valence-electron chi connectivity index (χ3n) is 6.51. The van der Waals surface area contributed by atoms with E-state index in [9.17, 15) is 9.59 Å². The molecule has 1 amide bonds. The molecule has 0 bridgehead atoms. The molecule has 2 fully saturated rings. The van der Waals surface area contributed by atoms with Crippen LogP contribution < -0.4 is 10.9 Å². The summed E-state index contributed by atoms with van der Waals surface area (Å²) in [6, 6.07) is 10.8. The normalized spacial score (nSPS) is 18.8. The number of nitrogens with one attached hydrogen (secondary N) is 2. The number of benzene rings is 1. The topological polar surface area (TPSA) is 113 Å². The number of nitriles is 1. The Kier molecular flexibility index (Phi) is 4.91. The molecule has 8 nitrogen and oxygen atoms in total. The third kappa shape index (κ3) is 3.51. The zero-order valence-electron chi connectivity index (χ0n) is 17.7. The van der Waals surface area contributed by atoms with Crippen molar-refractivity contribution in [3.63, 3.8) is 0 Å². The highest BCUT2D eigenvalue weighted by molar-refractivity contribution is 5.94. The molecule has 2 aromatic heterocycles. The van der Waals surface area contributed by atoms with Gasteiger partial charge in [-0.25, -0.2) is 9.67 Å². The van der Waals surface area contributed by atoms with Crippen molar-refractivity contribution in [2.75, 3.05) is 13.2 Å². The number of amides is 1. The first-order chi connectivity index (χ1) is 15.5. The summed E-state index contributed by atoms with van der Waals surface area (Å²) in [5.74, 6) is 0.245. The molecule has 5 rings (SSSR count). The minimum absolute atomic E-state index is 0.154. The van der Waals surface area contributed by atoms with Crippen LogP contribution in [0.1, 0.15) is 40.7 Å². The summed E-state index contributed by atoms with van der Waals surface area (Å²) < 4.78 is 6.68. The average Bonchev–Trinajstić information content (AvgIpc) is 3.38. The monoisotopic (exact) mass is 429 g/mol.